The number of nitrogens with two attached hydrogens (primary N) is 1. The van der Waals surface area contributed by atoms with E-state index in [2.05, 4.69) is 16.0 Å². The molecule has 0 radical (unpaired) electrons. The number of benzene rings is 1. The van der Waals surface area contributed by atoms with Crippen molar-refractivity contribution in [2.75, 3.05) is 12.0 Å². The van der Waals surface area contributed by atoms with Crippen LogP contribution in [0.3, 0.4) is 0 Å². The Morgan fingerprint density at radius 2 is 1.53 bits per heavy atom. The highest BCUT2D eigenvalue weighted by atomic mass is 32.2. The number of hydrogen-bond acceptors (Lipinski definition) is 7. The highest BCUT2D eigenvalue weighted by molar-refractivity contribution is 7.98. The van der Waals surface area contributed by atoms with E-state index < -0.39 is 47.9 Å². The maximum Gasteiger partial charge on any atom is 0.326 e. The van der Waals surface area contributed by atoms with Crippen molar-refractivity contribution >= 4 is 35.5 Å². The topological polar surface area (TPSA) is 171 Å². The molecular formula is C23H36N4O6S. The predicted molar refractivity (Wildman–Crippen MR) is 131 cm³/mol. The molecule has 0 spiro atoms. The highest BCUT2D eigenvalue weighted by Crippen LogP contribution is 2.12. The first-order valence-corrected chi connectivity index (χ1v) is 12.5. The lowest BCUT2D eigenvalue weighted by molar-refractivity contribution is -0.142. The summed E-state index contributed by atoms with van der Waals surface area (Å²) in [6.45, 7) is 5.23. The number of rotatable bonds is 14. The average molecular weight is 497 g/mol. The number of thioether (sulfide) groups is 1. The molecule has 0 aromatic heterocycles. The molecule has 0 fully saturated rings. The Balaban J connectivity index is 2.82. The van der Waals surface area contributed by atoms with Crippen molar-refractivity contribution in [2.24, 2.45) is 11.7 Å². The van der Waals surface area contributed by atoms with E-state index in [1.807, 2.05) is 20.1 Å². The summed E-state index contributed by atoms with van der Waals surface area (Å²) in [5.41, 5.74) is 6.45. The van der Waals surface area contributed by atoms with Gasteiger partial charge in [0.05, 0.1) is 6.04 Å². The van der Waals surface area contributed by atoms with Gasteiger partial charge in [-0.3, -0.25) is 14.4 Å². The molecule has 7 N–H and O–H groups in total. The third-order valence-electron chi connectivity index (χ3n) is 5.05. The zero-order valence-electron chi connectivity index (χ0n) is 20.0. The molecule has 0 aliphatic rings. The van der Waals surface area contributed by atoms with Crippen LogP contribution in [0.1, 0.15) is 39.2 Å². The van der Waals surface area contributed by atoms with Crippen LogP contribution in [0.25, 0.3) is 0 Å². The smallest absolute Gasteiger partial charge is 0.326 e. The minimum absolute atomic E-state index is 0.00406. The second-order valence-corrected chi connectivity index (χ2v) is 9.56. The molecule has 0 bridgehead atoms. The Labute approximate surface area is 204 Å². The van der Waals surface area contributed by atoms with Gasteiger partial charge < -0.3 is 31.9 Å². The van der Waals surface area contributed by atoms with Gasteiger partial charge in [0.15, 0.2) is 0 Å². The normalized spacial score (nSPS) is 14.5. The van der Waals surface area contributed by atoms with Crippen molar-refractivity contribution in [1.29, 1.82) is 0 Å². The Hall–Kier alpha value is -2.79. The number of phenols is 1. The van der Waals surface area contributed by atoms with Crippen LogP contribution in [0.4, 0.5) is 0 Å². The van der Waals surface area contributed by atoms with Crippen molar-refractivity contribution in [3.05, 3.63) is 29.8 Å². The molecule has 190 valence electrons. The second kappa shape index (κ2) is 14.5. The molecule has 4 atom stereocenters. The summed E-state index contributed by atoms with van der Waals surface area (Å²) < 4.78 is 0. The quantitative estimate of drug-likeness (QED) is 0.218. The first-order chi connectivity index (χ1) is 15.9. The molecule has 0 aliphatic carbocycles. The van der Waals surface area contributed by atoms with E-state index in [1.165, 1.54) is 19.1 Å². The summed E-state index contributed by atoms with van der Waals surface area (Å²) in [6, 6.07) is 2.12. The van der Waals surface area contributed by atoms with Gasteiger partial charge in [-0.05, 0) is 55.4 Å². The van der Waals surface area contributed by atoms with Crippen LogP contribution in [0.15, 0.2) is 24.3 Å². The van der Waals surface area contributed by atoms with E-state index in [9.17, 15) is 29.4 Å². The molecule has 34 heavy (non-hydrogen) atoms. The Kier molecular flexibility index (Phi) is 12.4. The van der Waals surface area contributed by atoms with Gasteiger partial charge in [-0.1, -0.05) is 26.0 Å². The number of carboxylic acid groups (broad SMARTS) is 1. The number of aliphatic carboxylic acids is 1. The lowest BCUT2D eigenvalue weighted by Crippen LogP contribution is -2.56. The van der Waals surface area contributed by atoms with Gasteiger partial charge >= 0.3 is 5.97 Å². The third-order valence-corrected chi connectivity index (χ3v) is 5.70. The summed E-state index contributed by atoms with van der Waals surface area (Å²) in [4.78, 5) is 49.5. The molecule has 10 nitrogen and oxygen atoms in total. The third kappa shape index (κ3) is 10.4. The van der Waals surface area contributed by atoms with Crippen molar-refractivity contribution in [3.8, 4) is 5.75 Å². The molecule has 11 heteroatoms. The van der Waals surface area contributed by atoms with Crippen LogP contribution in [0.2, 0.25) is 0 Å². The summed E-state index contributed by atoms with van der Waals surface area (Å²) in [5, 5.41) is 26.6. The molecule has 0 saturated carbocycles. The number of carbonyl (C=O) groups is 4. The molecule has 1 aromatic rings. The largest absolute Gasteiger partial charge is 0.508 e. The van der Waals surface area contributed by atoms with Gasteiger partial charge in [0.1, 0.15) is 23.9 Å². The highest BCUT2D eigenvalue weighted by Gasteiger charge is 2.29. The fraction of sp³-hybridized carbons (Fsp3) is 0.565. The van der Waals surface area contributed by atoms with Crippen LogP contribution in [0.5, 0.6) is 5.75 Å². The Bertz CT molecular complexity index is 833. The monoisotopic (exact) mass is 496 g/mol. The van der Waals surface area contributed by atoms with Gasteiger partial charge in [-0.25, -0.2) is 4.79 Å². The first kappa shape index (κ1) is 29.2. The SMILES string of the molecule is CSCCC(N)C(=O)NC(C)C(=O)NC(CC(C)C)C(=O)NC(Cc1ccc(O)cc1)C(=O)O. The molecular weight excluding hydrogens is 460 g/mol. The van der Waals surface area contributed by atoms with E-state index in [0.29, 0.717) is 17.7 Å². The zero-order chi connectivity index (χ0) is 25.8. The van der Waals surface area contributed by atoms with E-state index >= 15 is 0 Å². The molecule has 3 amide bonds. The molecule has 1 rings (SSSR count). The standard InChI is InChI=1S/C23H36N4O6S/c1-13(2)11-18(26-20(29)14(3)25-21(30)17(24)9-10-34-4)22(31)27-19(23(32)33)12-15-5-7-16(28)8-6-15/h5-8,13-14,17-19,28H,9-12,24H2,1-4H3,(H,25,30)(H,26,29)(H,27,31)(H,32,33). The summed E-state index contributed by atoms with van der Waals surface area (Å²) in [7, 11) is 0. The van der Waals surface area contributed by atoms with E-state index in [1.54, 1.807) is 23.9 Å². The van der Waals surface area contributed by atoms with Crippen LogP contribution in [0, 0.1) is 5.92 Å². The van der Waals surface area contributed by atoms with E-state index in [4.69, 9.17) is 5.73 Å². The van der Waals surface area contributed by atoms with Crippen LogP contribution in [-0.4, -0.2) is 70.1 Å². The lowest BCUT2D eigenvalue weighted by atomic mass is 10.0. The van der Waals surface area contributed by atoms with Crippen molar-refractivity contribution in [3.63, 3.8) is 0 Å². The maximum absolute atomic E-state index is 12.9. The number of carbonyl (C=O) groups excluding carboxylic acids is 3. The minimum Gasteiger partial charge on any atom is -0.508 e. The second-order valence-electron chi connectivity index (χ2n) is 8.58. The van der Waals surface area contributed by atoms with Crippen molar-refractivity contribution in [2.45, 2.75) is 64.2 Å². The molecule has 1 aromatic carbocycles. The van der Waals surface area contributed by atoms with Gasteiger partial charge in [-0.2, -0.15) is 11.8 Å². The van der Waals surface area contributed by atoms with Crippen molar-refractivity contribution < 1.29 is 29.4 Å². The molecule has 0 saturated heterocycles. The fourth-order valence-corrected chi connectivity index (χ4v) is 3.59. The Morgan fingerprint density at radius 1 is 0.941 bits per heavy atom. The number of aromatic hydroxyl groups is 1. The summed E-state index contributed by atoms with van der Waals surface area (Å²) in [5.74, 6) is -2.11. The summed E-state index contributed by atoms with van der Waals surface area (Å²) in [6.07, 6.45) is 2.65. The fourth-order valence-electron chi connectivity index (χ4n) is 3.10. The molecule has 0 heterocycles. The van der Waals surface area contributed by atoms with E-state index in [0.717, 1.165) is 0 Å². The number of phenolic OH excluding ortho intramolecular Hbond substituents is 1. The number of carboxylic acids is 1. The van der Waals surface area contributed by atoms with Gasteiger partial charge in [0.25, 0.3) is 0 Å². The number of hydrogen-bond donors (Lipinski definition) is 6. The Morgan fingerprint density at radius 3 is 2.06 bits per heavy atom. The van der Waals surface area contributed by atoms with Gasteiger partial charge in [-0.15, -0.1) is 0 Å². The molecule has 0 aliphatic heterocycles. The zero-order valence-corrected chi connectivity index (χ0v) is 20.9. The first-order valence-electron chi connectivity index (χ1n) is 11.1. The average Bonchev–Trinajstić information content (AvgIpc) is 2.77. The van der Waals surface area contributed by atoms with Gasteiger partial charge in [0, 0.05) is 6.42 Å². The minimum atomic E-state index is -1.23. The van der Waals surface area contributed by atoms with Crippen LogP contribution < -0.4 is 21.7 Å². The number of amides is 3. The van der Waals surface area contributed by atoms with Crippen LogP contribution >= 0.6 is 11.8 Å². The number of nitrogens with one attached hydrogen (secondary N) is 3. The van der Waals surface area contributed by atoms with E-state index in [-0.39, 0.29) is 24.5 Å². The predicted octanol–water partition coefficient (Wildman–Crippen LogP) is 0.620. The van der Waals surface area contributed by atoms with Crippen molar-refractivity contribution in [1.82, 2.24) is 16.0 Å². The maximum atomic E-state index is 12.9. The lowest BCUT2D eigenvalue weighted by Gasteiger charge is -2.25. The van der Waals surface area contributed by atoms with Gasteiger partial charge in [0.2, 0.25) is 17.7 Å². The van der Waals surface area contributed by atoms with Crippen LogP contribution in [-0.2, 0) is 25.6 Å². The molecule has 4 unspecified atom stereocenters. The summed E-state index contributed by atoms with van der Waals surface area (Å²) >= 11 is 1.56.